The summed E-state index contributed by atoms with van der Waals surface area (Å²) < 4.78 is 12.3. The Hall–Kier alpha value is -2.90. The summed E-state index contributed by atoms with van der Waals surface area (Å²) >= 11 is 3.83. The van der Waals surface area contributed by atoms with Crippen LogP contribution in [-0.4, -0.2) is 68.6 Å². The Morgan fingerprint density at radius 2 is 1.92 bits per heavy atom. The van der Waals surface area contributed by atoms with Crippen LogP contribution in [0, 0.1) is 0 Å². The SMILES string of the molecule is COC(=O)c1ccc2c(c1)CCCC(Br)=C2c1ccc(O[C@H]2CCN(CC=CC(=O)N(C)C)C2)cc1. The van der Waals surface area contributed by atoms with Gasteiger partial charge in [0.25, 0.3) is 0 Å². The van der Waals surface area contributed by atoms with Gasteiger partial charge in [-0.3, -0.25) is 9.69 Å². The summed E-state index contributed by atoms with van der Waals surface area (Å²) in [6.07, 6.45) is 7.52. The highest BCUT2D eigenvalue weighted by atomic mass is 79.9. The van der Waals surface area contributed by atoms with E-state index in [1.807, 2.05) is 36.4 Å². The van der Waals surface area contributed by atoms with Crippen molar-refractivity contribution < 1.29 is 19.1 Å². The van der Waals surface area contributed by atoms with E-state index in [0.29, 0.717) is 5.56 Å². The molecule has 1 heterocycles. The summed E-state index contributed by atoms with van der Waals surface area (Å²) in [7, 11) is 4.92. The van der Waals surface area contributed by atoms with Crippen LogP contribution in [0.5, 0.6) is 5.75 Å². The lowest BCUT2D eigenvalue weighted by Crippen LogP contribution is -2.25. The molecule has 0 unspecified atom stereocenters. The number of rotatable bonds is 7. The van der Waals surface area contributed by atoms with Gasteiger partial charge >= 0.3 is 5.97 Å². The number of likely N-dealkylation sites (N-methyl/N-ethyl adjacent to an activating group) is 1. The van der Waals surface area contributed by atoms with Gasteiger partial charge in [0.05, 0.1) is 12.7 Å². The fourth-order valence-corrected chi connectivity index (χ4v) is 5.43. The van der Waals surface area contributed by atoms with Gasteiger partial charge in [0, 0.05) is 44.3 Å². The van der Waals surface area contributed by atoms with E-state index in [4.69, 9.17) is 9.47 Å². The summed E-state index contributed by atoms with van der Waals surface area (Å²) in [6.45, 7) is 2.54. The monoisotopic (exact) mass is 552 g/mol. The Balaban J connectivity index is 1.43. The molecular formula is C29H33BrN2O4. The van der Waals surface area contributed by atoms with Gasteiger partial charge in [-0.25, -0.2) is 4.79 Å². The summed E-state index contributed by atoms with van der Waals surface area (Å²) in [6, 6.07) is 14.1. The number of halogens is 1. The molecule has 0 spiro atoms. The quantitative estimate of drug-likeness (QED) is 0.355. The van der Waals surface area contributed by atoms with Gasteiger partial charge in [0.2, 0.25) is 5.91 Å². The number of fused-ring (bicyclic) bond motifs is 1. The minimum Gasteiger partial charge on any atom is -0.489 e. The fourth-order valence-electron chi connectivity index (χ4n) is 4.71. The van der Waals surface area contributed by atoms with Crippen LogP contribution in [0.15, 0.2) is 59.1 Å². The first-order chi connectivity index (χ1) is 17.4. The predicted octanol–water partition coefficient (Wildman–Crippen LogP) is 5.06. The molecule has 190 valence electrons. The van der Waals surface area contributed by atoms with Crippen molar-refractivity contribution in [3.05, 3.63) is 81.4 Å². The molecule has 1 amide bonds. The summed E-state index contributed by atoms with van der Waals surface area (Å²) in [5.41, 5.74) is 5.18. The van der Waals surface area contributed by atoms with Crippen LogP contribution in [-0.2, 0) is 16.0 Å². The van der Waals surface area contributed by atoms with Crippen molar-refractivity contribution in [1.82, 2.24) is 9.80 Å². The first kappa shape index (κ1) is 26.2. The molecule has 2 aromatic rings. The second-order valence-electron chi connectivity index (χ2n) is 9.44. The molecule has 0 aromatic heterocycles. The smallest absolute Gasteiger partial charge is 0.337 e. The number of carbonyl (C=O) groups is 2. The number of benzene rings is 2. The van der Waals surface area contributed by atoms with Crippen molar-refractivity contribution >= 4 is 33.4 Å². The summed E-state index contributed by atoms with van der Waals surface area (Å²) in [5, 5.41) is 0. The number of methoxy groups -OCH3 is 1. The largest absolute Gasteiger partial charge is 0.489 e. The lowest BCUT2D eigenvalue weighted by Gasteiger charge is -2.17. The van der Waals surface area contributed by atoms with E-state index in [0.717, 1.165) is 73.3 Å². The van der Waals surface area contributed by atoms with E-state index in [2.05, 4.69) is 33.0 Å². The molecule has 1 fully saturated rings. The molecule has 4 rings (SSSR count). The number of carbonyl (C=O) groups excluding carboxylic acids is 2. The molecule has 0 radical (unpaired) electrons. The number of amides is 1. The van der Waals surface area contributed by atoms with Gasteiger partial charge in [0.15, 0.2) is 0 Å². The third-order valence-corrected chi connectivity index (χ3v) is 7.44. The molecule has 36 heavy (non-hydrogen) atoms. The second-order valence-corrected chi connectivity index (χ2v) is 10.4. The standard InChI is InChI=1S/C29H33BrN2O4/c1-31(2)27(33)8-5-16-32-17-15-24(19-32)36-23-12-9-20(10-13-23)28-25-14-11-22(29(34)35-3)18-21(25)6-4-7-26(28)30/h5,8-14,18,24H,4,6-7,15-17,19H2,1-3H3/t24-/m0/s1. The number of nitrogens with zero attached hydrogens (tertiary/aromatic N) is 2. The Labute approximate surface area is 221 Å². The predicted molar refractivity (Wildman–Crippen MR) is 145 cm³/mol. The lowest BCUT2D eigenvalue weighted by molar-refractivity contribution is -0.123. The molecule has 2 aromatic carbocycles. The van der Waals surface area contributed by atoms with E-state index in [1.165, 1.54) is 11.6 Å². The van der Waals surface area contributed by atoms with Crippen LogP contribution in [0.25, 0.3) is 5.57 Å². The first-order valence-electron chi connectivity index (χ1n) is 12.3. The molecule has 0 bridgehead atoms. The molecule has 0 N–H and O–H groups in total. The molecule has 1 atom stereocenters. The maximum atomic E-state index is 12.0. The third-order valence-electron chi connectivity index (χ3n) is 6.65. The second kappa shape index (κ2) is 11.9. The van der Waals surface area contributed by atoms with Gasteiger partial charge in [-0.1, -0.05) is 40.2 Å². The molecule has 7 heteroatoms. The molecule has 1 saturated heterocycles. The topological polar surface area (TPSA) is 59.1 Å². The van der Waals surface area contributed by atoms with Crippen LogP contribution in [0.1, 0.15) is 46.3 Å². The Kier molecular flexibility index (Phi) is 8.64. The Bertz CT molecular complexity index is 1170. The van der Waals surface area contributed by atoms with Gasteiger partial charge in [-0.15, -0.1) is 0 Å². The van der Waals surface area contributed by atoms with Crippen molar-refractivity contribution in [2.45, 2.75) is 31.8 Å². The van der Waals surface area contributed by atoms with Crippen molar-refractivity contribution in [2.75, 3.05) is 40.8 Å². The van der Waals surface area contributed by atoms with Crippen LogP contribution >= 0.6 is 15.9 Å². The van der Waals surface area contributed by atoms with E-state index in [-0.39, 0.29) is 18.0 Å². The number of ether oxygens (including phenoxy) is 2. The van der Waals surface area contributed by atoms with E-state index in [1.54, 1.807) is 25.1 Å². The zero-order chi connectivity index (χ0) is 25.7. The zero-order valence-corrected chi connectivity index (χ0v) is 22.7. The molecule has 2 aliphatic rings. The minimum atomic E-state index is -0.309. The van der Waals surface area contributed by atoms with Gasteiger partial charge in [-0.2, -0.15) is 0 Å². The van der Waals surface area contributed by atoms with E-state index >= 15 is 0 Å². The Morgan fingerprint density at radius 3 is 2.64 bits per heavy atom. The van der Waals surface area contributed by atoms with Crippen molar-refractivity contribution in [3.63, 3.8) is 0 Å². The zero-order valence-electron chi connectivity index (χ0n) is 21.1. The number of hydrogen-bond acceptors (Lipinski definition) is 5. The average Bonchev–Trinajstić information content (AvgIpc) is 3.24. The number of aryl methyl sites for hydroxylation is 1. The highest BCUT2D eigenvalue weighted by Gasteiger charge is 2.24. The highest BCUT2D eigenvalue weighted by Crippen LogP contribution is 2.38. The summed E-state index contributed by atoms with van der Waals surface area (Å²) in [4.78, 5) is 27.6. The van der Waals surface area contributed by atoms with E-state index < -0.39 is 0 Å². The summed E-state index contributed by atoms with van der Waals surface area (Å²) in [5.74, 6) is 0.552. The van der Waals surface area contributed by atoms with Crippen LogP contribution in [0.2, 0.25) is 0 Å². The minimum absolute atomic E-state index is 0.00374. The van der Waals surface area contributed by atoms with Crippen molar-refractivity contribution in [3.8, 4) is 5.75 Å². The molecule has 1 aliphatic heterocycles. The number of esters is 1. The highest BCUT2D eigenvalue weighted by molar-refractivity contribution is 9.11. The third kappa shape index (κ3) is 6.26. The number of allylic oxidation sites excluding steroid dienone is 1. The van der Waals surface area contributed by atoms with Crippen LogP contribution in [0.3, 0.4) is 0 Å². The van der Waals surface area contributed by atoms with Gasteiger partial charge < -0.3 is 14.4 Å². The van der Waals surface area contributed by atoms with Gasteiger partial charge in [-0.05, 0) is 72.2 Å². The Morgan fingerprint density at radius 1 is 1.14 bits per heavy atom. The van der Waals surface area contributed by atoms with Gasteiger partial charge in [0.1, 0.15) is 11.9 Å². The lowest BCUT2D eigenvalue weighted by atomic mass is 9.92. The van der Waals surface area contributed by atoms with Crippen molar-refractivity contribution in [1.29, 1.82) is 0 Å². The van der Waals surface area contributed by atoms with Crippen LogP contribution in [0.4, 0.5) is 0 Å². The van der Waals surface area contributed by atoms with Crippen LogP contribution < -0.4 is 4.74 Å². The number of likely N-dealkylation sites (tertiary alicyclic amines) is 1. The van der Waals surface area contributed by atoms with E-state index in [9.17, 15) is 9.59 Å². The molecule has 0 saturated carbocycles. The average molecular weight is 553 g/mol. The normalized spacial score (nSPS) is 18.2. The fraction of sp³-hybridized carbons (Fsp3) is 0.379. The molecule has 1 aliphatic carbocycles. The van der Waals surface area contributed by atoms with Crippen molar-refractivity contribution in [2.24, 2.45) is 0 Å². The maximum absolute atomic E-state index is 12.0. The number of hydrogen-bond donors (Lipinski definition) is 0. The first-order valence-corrected chi connectivity index (χ1v) is 13.1. The maximum Gasteiger partial charge on any atom is 0.337 e. The molecular weight excluding hydrogens is 520 g/mol. The molecule has 6 nitrogen and oxygen atoms in total.